The molecule has 1 N–H and O–H groups in total. The maximum absolute atomic E-state index is 12.3. The summed E-state index contributed by atoms with van der Waals surface area (Å²) in [7, 11) is 0. The summed E-state index contributed by atoms with van der Waals surface area (Å²) in [6, 6.07) is 9.51. The average Bonchev–Trinajstić information content (AvgIpc) is 3.18. The van der Waals surface area contributed by atoms with Crippen LogP contribution in [0.3, 0.4) is 0 Å². The summed E-state index contributed by atoms with van der Waals surface area (Å²) >= 11 is 7.73. The van der Waals surface area contributed by atoms with Crippen LogP contribution in [0.15, 0.2) is 47.9 Å². The highest BCUT2D eigenvalue weighted by atomic mass is 35.5. The van der Waals surface area contributed by atoms with Crippen LogP contribution < -0.4 is 5.32 Å². The van der Waals surface area contributed by atoms with E-state index in [0.717, 1.165) is 29.7 Å². The molecule has 0 bridgehead atoms. The first-order valence-corrected chi connectivity index (χ1v) is 11.5. The van der Waals surface area contributed by atoms with Gasteiger partial charge in [-0.2, -0.15) is 0 Å². The number of amides is 1. The lowest BCUT2D eigenvalue weighted by molar-refractivity contribution is -0.118. The number of nitrogens with one attached hydrogen (secondary N) is 1. The number of halogens is 1. The number of unbranched alkanes of at least 4 members (excludes halogenated alkanes) is 3. The van der Waals surface area contributed by atoms with E-state index in [1.54, 1.807) is 12.4 Å². The molecule has 1 amide bonds. The van der Waals surface area contributed by atoms with Crippen LogP contribution in [0.2, 0.25) is 5.02 Å². The number of hydrogen-bond donors (Lipinski definition) is 1. The lowest BCUT2D eigenvalue weighted by Gasteiger charge is -2.14. The van der Waals surface area contributed by atoms with Crippen molar-refractivity contribution in [2.75, 3.05) is 12.3 Å². The average molecular weight is 444 g/mol. The summed E-state index contributed by atoms with van der Waals surface area (Å²) < 4.78 is 1.95. The quantitative estimate of drug-likeness (QED) is 0.349. The molecule has 30 heavy (non-hydrogen) atoms. The van der Waals surface area contributed by atoms with Gasteiger partial charge in [0.2, 0.25) is 5.91 Å². The maximum Gasteiger partial charge on any atom is 0.230 e. The fourth-order valence-electron chi connectivity index (χ4n) is 3.07. The highest BCUT2D eigenvalue weighted by Crippen LogP contribution is 2.31. The van der Waals surface area contributed by atoms with Gasteiger partial charge in [0.05, 0.1) is 11.4 Å². The Balaban J connectivity index is 1.81. The highest BCUT2D eigenvalue weighted by molar-refractivity contribution is 7.99. The maximum atomic E-state index is 12.3. The van der Waals surface area contributed by atoms with Crippen molar-refractivity contribution >= 4 is 29.3 Å². The fourth-order valence-corrected chi connectivity index (χ4v) is 4.01. The Bertz CT molecular complexity index is 977. The Morgan fingerprint density at radius 3 is 2.70 bits per heavy atom. The van der Waals surface area contributed by atoms with Crippen LogP contribution in [0.4, 0.5) is 0 Å². The predicted molar refractivity (Wildman–Crippen MR) is 122 cm³/mol. The molecule has 0 saturated carbocycles. The number of benzene rings is 1. The molecule has 8 heteroatoms. The standard InChI is InChI=1S/C22H26ClN5OS/c1-3-4-5-6-12-25-20(29)15-30-22-27-26-21(17-10-13-24-14-11-17)28(22)19-9-7-8-18(23)16(19)2/h7-11,13-14H,3-6,12,15H2,1-2H3,(H,25,29). The van der Waals surface area contributed by atoms with E-state index in [-0.39, 0.29) is 11.7 Å². The second-order valence-electron chi connectivity index (χ2n) is 6.96. The van der Waals surface area contributed by atoms with E-state index in [4.69, 9.17) is 11.6 Å². The molecule has 158 valence electrons. The van der Waals surface area contributed by atoms with E-state index in [1.807, 2.05) is 41.8 Å². The molecule has 6 nitrogen and oxygen atoms in total. The number of carbonyl (C=O) groups excluding carboxylic acids is 1. The van der Waals surface area contributed by atoms with Gasteiger partial charge < -0.3 is 5.32 Å². The SMILES string of the molecule is CCCCCCNC(=O)CSc1nnc(-c2ccncc2)n1-c1cccc(Cl)c1C. The molecule has 0 spiro atoms. The van der Waals surface area contributed by atoms with Crippen molar-refractivity contribution in [1.82, 2.24) is 25.1 Å². The Kier molecular flexibility index (Phi) is 8.28. The predicted octanol–water partition coefficient (Wildman–Crippen LogP) is 5.08. The molecule has 3 rings (SSSR count). The molecule has 0 fully saturated rings. The normalized spacial score (nSPS) is 10.9. The molecule has 2 heterocycles. The zero-order valence-corrected chi connectivity index (χ0v) is 18.8. The molecule has 0 aliphatic rings. The van der Waals surface area contributed by atoms with Crippen LogP contribution >= 0.6 is 23.4 Å². The molecule has 0 radical (unpaired) electrons. The molecule has 0 atom stereocenters. The third kappa shape index (κ3) is 5.61. The molecule has 2 aromatic heterocycles. The number of aromatic nitrogens is 4. The smallest absolute Gasteiger partial charge is 0.230 e. The van der Waals surface area contributed by atoms with Crippen molar-refractivity contribution in [3.63, 3.8) is 0 Å². The summed E-state index contributed by atoms with van der Waals surface area (Å²) in [5.74, 6) is 0.964. The first kappa shape index (κ1) is 22.3. The van der Waals surface area contributed by atoms with E-state index in [0.29, 0.717) is 22.5 Å². The monoisotopic (exact) mass is 443 g/mol. The van der Waals surface area contributed by atoms with Crippen molar-refractivity contribution in [3.05, 3.63) is 53.3 Å². The largest absolute Gasteiger partial charge is 0.355 e. The van der Waals surface area contributed by atoms with E-state index >= 15 is 0 Å². The lowest BCUT2D eigenvalue weighted by atomic mass is 10.2. The Labute approximate surface area is 186 Å². The summed E-state index contributed by atoms with van der Waals surface area (Å²) in [5, 5.41) is 13.1. The van der Waals surface area contributed by atoms with Crippen molar-refractivity contribution < 1.29 is 4.79 Å². The Morgan fingerprint density at radius 2 is 1.93 bits per heavy atom. The summed E-state index contributed by atoms with van der Waals surface area (Å²) in [6.45, 7) is 4.85. The van der Waals surface area contributed by atoms with Crippen molar-refractivity contribution in [2.45, 2.75) is 44.7 Å². The molecule has 0 saturated heterocycles. The summed E-state index contributed by atoms with van der Waals surface area (Å²) in [4.78, 5) is 16.4. The van der Waals surface area contributed by atoms with Crippen LogP contribution in [0.5, 0.6) is 0 Å². The van der Waals surface area contributed by atoms with E-state index in [1.165, 1.54) is 24.6 Å². The van der Waals surface area contributed by atoms with Gasteiger partial charge in [0.1, 0.15) is 0 Å². The number of nitrogens with zero attached hydrogens (tertiary/aromatic N) is 4. The van der Waals surface area contributed by atoms with Gasteiger partial charge in [0, 0.05) is 29.5 Å². The van der Waals surface area contributed by atoms with Gasteiger partial charge in [0.25, 0.3) is 0 Å². The molecule has 1 aromatic carbocycles. The zero-order chi connectivity index (χ0) is 21.3. The van der Waals surface area contributed by atoms with Crippen LogP contribution in [0, 0.1) is 6.92 Å². The van der Waals surface area contributed by atoms with E-state index in [2.05, 4.69) is 27.4 Å². The first-order chi connectivity index (χ1) is 14.6. The Morgan fingerprint density at radius 1 is 1.13 bits per heavy atom. The molecule has 3 aromatic rings. The summed E-state index contributed by atoms with van der Waals surface area (Å²) in [6.07, 6.45) is 7.97. The van der Waals surface area contributed by atoms with E-state index in [9.17, 15) is 4.79 Å². The van der Waals surface area contributed by atoms with E-state index < -0.39 is 0 Å². The number of thioether (sulfide) groups is 1. The minimum absolute atomic E-state index is 0.000624. The molecule has 0 aliphatic carbocycles. The van der Waals surface area contributed by atoms with Crippen molar-refractivity contribution in [2.24, 2.45) is 0 Å². The van der Waals surface area contributed by atoms with Gasteiger partial charge in [-0.3, -0.25) is 14.3 Å². The van der Waals surface area contributed by atoms with Crippen LogP contribution in [-0.2, 0) is 4.79 Å². The van der Waals surface area contributed by atoms with Crippen LogP contribution in [0.1, 0.15) is 38.2 Å². The zero-order valence-electron chi connectivity index (χ0n) is 17.3. The highest BCUT2D eigenvalue weighted by Gasteiger charge is 2.19. The number of carbonyl (C=O) groups is 1. The summed E-state index contributed by atoms with van der Waals surface area (Å²) in [5.41, 5.74) is 2.71. The second kappa shape index (κ2) is 11.1. The fraction of sp³-hybridized carbons (Fsp3) is 0.364. The first-order valence-electron chi connectivity index (χ1n) is 10.1. The van der Waals surface area contributed by atoms with Crippen LogP contribution in [0.25, 0.3) is 17.1 Å². The number of hydrogen-bond acceptors (Lipinski definition) is 5. The van der Waals surface area contributed by atoms with Gasteiger partial charge in [-0.15, -0.1) is 10.2 Å². The number of rotatable bonds is 10. The van der Waals surface area contributed by atoms with Gasteiger partial charge in [-0.1, -0.05) is 55.6 Å². The van der Waals surface area contributed by atoms with Crippen molar-refractivity contribution in [1.29, 1.82) is 0 Å². The lowest BCUT2D eigenvalue weighted by Crippen LogP contribution is -2.26. The van der Waals surface area contributed by atoms with Gasteiger partial charge in [-0.25, -0.2) is 0 Å². The van der Waals surface area contributed by atoms with Gasteiger partial charge in [0.15, 0.2) is 11.0 Å². The second-order valence-corrected chi connectivity index (χ2v) is 8.31. The van der Waals surface area contributed by atoms with Gasteiger partial charge >= 0.3 is 0 Å². The molecular weight excluding hydrogens is 418 g/mol. The third-order valence-electron chi connectivity index (χ3n) is 4.74. The Hall–Kier alpha value is -2.38. The topological polar surface area (TPSA) is 72.7 Å². The van der Waals surface area contributed by atoms with Crippen LogP contribution in [-0.4, -0.2) is 38.0 Å². The van der Waals surface area contributed by atoms with Gasteiger partial charge in [-0.05, 0) is 43.2 Å². The third-order valence-corrected chi connectivity index (χ3v) is 6.08. The van der Waals surface area contributed by atoms with Crippen molar-refractivity contribution in [3.8, 4) is 17.1 Å². The minimum Gasteiger partial charge on any atom is -0.355 e. The molecule has 0 aliphatic heterocycles. The minimum atomic E-state index is -0.000624. The number of pyridine rings is 1. The molecular formula is C22H26ClN5OS. The molecule has 0 unspecified atom stereocenters.